The van der Waals surface area contributed by atoms with Gasteiger partial charge in [0.15, 0.2) is 0 Å². The van der Waals surface area contributed by atoms with Gasteiger partial charge in [-0.15, -0.1) is 17.8 Å². The molecule has 0 aliphatic carbocycles. The lowest BCUT2D eigenvalue weighted by atomic mass is 10.2. The fourth-order valence-corrected chi connectivity index (χ4v) is 2.37. The summed E-state index contributed by atoms with van der Waals surface area (Å²) in [7, 11) is 0. The van der Waals surface area contributed by atoms with Gasteiger partial charge in [0.2, 0.25) is 0 Å². The third kappa shape index (κ3) is 2.07. The summed E-state index contributed by atoms with van der Waals surface area (Å²) in [6.07, 6.45) is 5.21. The smallest absolute Gasteiger partial charge is 0.262 e. The van der Waals surface area contributed by atoms with Gasteiger partial charge in [0.05, 0.1) is 10.9 Å². The van der Waals surface area contributed by atoms with Gasteiger partial charge >= 0.3 is 0 Å². The highest BCUT2D eigenvalue weighted by Gasteiger charge is 2.11. The van der Waals surface area contributed by atoms with E-state index >= 15 is 0 Å². The maximum Gasteiger partial charge on any atom is 0.262 e. The Balaban J connectivity index is 2.27. The predicted molar refractivity (Wildman–Crippen MR) is 67.6 cm³/mol. The zero-order chi connectivity index (χ0) is 11.5. The van der Waals surface area contributed by atoms with E-state index < -0.39 is 0 Å². The van der Waals surface area contributed by atoms with Crippen molar-refractivity contribution in [3.05, 3.63) is 35.2 Å². The number of carbonyl (C=O) groups excluding carboxylic acids is 1. The molecule has 1 unspecified atom stereocenters. The van der Waals surface area contributed by atoms with E-state index in [2.05, 4.69) is 11.2 Å². The maximum absolute atomic E-state index is 11.8. The first-order valence-corrected chi connectivity index (χ1v) is 5.78. The fraction of sp³-hybridized carbons (Fsp3) is 0.154. The van der Waals surface area contributed by atoms with Crippen molar-refractivity contribution in [2.45, 2.75) is 13.0 Å². The molecule has 1 N–H and O–H groups in total. The zero-order valence-electron chi connectivity index (χ0n) is 8.86. The fourth-order valence-electron chi connectivity index (χ4n) is 1.40. The Kier molecular flexibility index (Phi) is 2.93. The quantitative estimate of drug-likeness (QED) is 0.788. The molecule has 0 bridgehead atoms. The van der Waals surface area contributed by atoms with Crippen LogP contribution in [0.1, 0.15) is 16.6 Å². The molecule has 1 amide bonds. The Morgan fingerprint density at radius 2 is 2.25 bits per heavy atom. The second-order valence-electron chi connectivity index (χ2n) is 3.51. The van der Waals surface area contributed by atoms with E-state index in [4.69, 9.17) is 6.42 Å². The molecule has 2 aromatic rings. The first-order chi connectivity index (χ1) is 7.70. The number of thiophene rings is 1. The van der Waals surface area contributed by atoms with Crippen LogP contribution in [-0.4, -0.2) is 11.9 Å². The third-order valence-corrected chi connectivity index (χ3v) is 3.36. The summed E-state index contributed by atoms with van der Waals surface area (Å²) < 4.78 is 1.11. The highest BCUT2D eigenvalue weighted by molar-refractivity contribution is 7.20. The SMILES string of the molecule is C#CC(C)NC(=O)c1cc2ccccc2s1. The van der Waals surface area contributed by atoms with Gasteiger partial charge in [-0.3, -0.25) is 4.79 Å². The summed E-state index contributed by atoms with van der Waals surface area (Å²) in [5, 5.41) is 3.83. The molecule has 0 aliphatic heterocycles. The van der Waals surface area contributed by atoms with Gasteiger partial charge < -0.3 is 5.32 Å². The van der Waals surface area contributed by atoms with Crippen molar-refractivity contribution in [2.75, 3.05) is 0 Å². The molecule has 0 saturated heterocycles. The van der Waals surface area contributed by atoms with Crippen LogP contribution in [0.25, 0.3) is 10.1 Å². The van der Waals surface area contributed by atoms with Crippen molar-refractivity contribution in [1.29, 1.82) is 0 Å². The largest absolute Gasteiger partial charge is 0.338 e. The van der Waals surface area contributed by atoms with E-state index in [-0.39, 0.29) is 11.9 Å². The number of terminal acetylenes is 1. The minimum absolute atomic E-state index is 0.105. The Bertz CT molecular complexity index is 532. The Morgan fingerprint density at radius 1 is 1.50 bits per heavy atom. The van der Waals surface area contributed by atoms with E-state index in [9.17, 15) is 4.79 Å². The molecule has 0 spiro atoms. The Hall–Kier alpha value is -1.79. The molecule has 0 aliphatic rings. The molecule has 1 atom stereocenters. The first-order valence-electron chi connectivity index (χ1n) is 4.96. The summed E-state index contributed by atoms with van der Waals surface area (Å²) in [5.74, 6) is 2.37. The van der Waals surface area contributed by atoms with Crippen LogP contribution < -0.4 is 5.32 Å². The van der Waals surface area contributed by atoms with Crippen LogP contribution in [0.3, 0.4) is 0 Å². The minimum atomic E-state index is -0.238. The highest BCUT2D eigenvalue weighted by Crippen LogP contribution is 2.25. The predicted octanol–water partition coefficient (Wildman–Crippen LogP) is 2.65. The normalized spacial score (nSPS) is 12.0. The number of amides is 1. The van der Waals surface area contributed by atoms with Gasteiger partial charge in [0.25, 0.3) is 5.91 Å². The lowest BCUT2D eigenvalue weighted by Gasteiger charge is -2.04. The average Bonchev–Trinajstić information content (AvgIpc) is 2.72. The van der Waals surface area contributed by atoms with Crippen molar-refractivity contribution in [3.63, 3.8) is 0 Å². The maximum atomic E-state index is 11.8. The molecule has 16 heavy (non-hydrogen) atoms. The van der Waals surface area contributed by atoms with Crippen molar-refractivity contribution >= 4 is 27.3 Å². The minimum Gasteiger partial charge on any atom is -0.338 e. The summed E-state index contributed by atoms with van der Waals surface area (Å²) in [6, 6.07) is 9.57. The molecule has 0 fully saturated rings. The van der Waals surface area contributed by atoms with E-state index in [1.807, 2.05) is 30.3 Å². The summed E-state index contributed by atoms with van der Waals surface area (Å²) in [5.41, 5.74) is 0. The Morgan fingerprint density at radius 3 is 2.94 bits per heavy atom. The number of hydrogen-bond acceptors (Lipinski definition) is 2. The number of fused-ring (bicyclic) bond motifs is 1. The Labute approximate surface area is 98.3 Å². The van der Waals surface area contributed by atoms with Crippen LogP contribution in [0.2, 0.25) is 0 Å². The molecule has 0 saturated carbocycles. The van der Waals surface area contributed by atoms with Gasteiger partial charge in [-0.25, -0.2) is 0 Å². The highest BCUT2D eigenvalue weighted by atomic mass is 32.1. The number of hydrogen-bond donors (Lipinski definition) is 1. The number of benzene rings is 1. The third-order valence-electron chi connectivity index (χ3n) is 2.25. The lowest BCUT2D eigenvalue weighted by molar-refractivity contribution is 0.0952. The summed E-state index contributed by atoms with van der Waals surface area (Å²) in [6.45, 7) is 1.78. The second kappa shape index (κ2) is 4.38. The van der Waals surface area contributed by atoms with Crippen LogP contribution >= 0.6 is 11.3 Å². The van der Waals surface area contributed by atoms with E-state index in [1.54, 1.807) is 6.92 Å². The van der Waals surface area contributed by atoms with Crippen LogP contribution in [0.15, 0.2) is 30.3 Å². The molecule has 1 aromatic heterocycles. The first kappa shape index (κ1) is 10.7. The average molecular weight is 229 g/mol. The van der Waals surface area contributed by atoms with Crippen molar-refractivity contribution in [2.24, 2.45) is 0 Å². The topological polar surface area (TPSA) is 29.1 Å². The molecular weight excluding hydrogens is 218 g/mol. The monoisotopic (exact) mass is 229 g/mol. The van der Waals surface area contributed by atoms with Crippen LogP contribution in [-0.2, 0) is 0 Å². The van der Waals surface area contributed by atoms with Crippen molar-refractivity contribution in [3.8, 4) is 12.3 Å². The molecule has 2 nitrogen and oxygen atoms in total. The second-order valence-corrected chi connectivity index (χ2v) is 4.59. The van der Waals surface area contributed by atoms with Crippen molar-refractivity contribution < 1.29 is 4.79 Å². The van der Waals surface area contributed by atoms with Crippen LogP contribution in [0.4, 0.5) is 0 Å². The van der Waals surface area contributed by atoms with Gasteiger partial charge in [0, 0.05) is 4.70 Å². The van der Waals surface area contributed by atoms with Crippen molar-refractivity contribution in [1.82, 2.24) is 5.32 Å². The molecule has 80 valence electrons. The van der Waals surface area contributed by atoms with Crippen LogP contribution in [0, 0.1) is 12.3 Å². The molecule has 1 aromatic carbocycles. The molecular formula is C13H11NOS. The molecule has 2 rings (SSSR count). The summed E-state index contributed by atoms with van der Waals surface area (Å²) >= 11 is 1.48. The van der Waals surface area contributed by atoms with Gasteiger partial charge in [-0.05, 0) is 24.4 Å². The number of rotatable bonds is 2. The van der Waals surface area contributed by atoms with Gasteiger partial charge in [0.1, 0.15) is 0 Å². The molecule has 1 heterocycles. The van der Waals surface area contributed by atoms with Gasteiger partial charge in [-0.1, -0.05) is 24.1 Å². The zero-order valence-corrected chi connectivity index (χ0v) is 9.67. The lowest BCUT2D eigenvalue weighted by Crippen LogP contribution is -2.30. The van der Waals surface area contributed by atoms with Gasteiger partial charge in [-0.2, -0.15) is 0 Å². The van der Waals surface area contributed by atoms with E-state index in [0.717, 1.165) is 10.1 Å². The van der Waals surface area contributed by atoms with Crippen LogP contribution in [0.5, 0.6) is 0 Å². The standard InChI is InChI=1S/C13H11NOS/c1-3-9(2)14-13(15)12-8-10-6-4-5-7-11(10)16-12/h1,4-9H,2H3,(H,14,15). The molecule has 3 heteroatoms. The number of carbonyl (C=O) groups is 1. The molecule has 0 radical (unpaired) electrons. The van der Waals surface area contributed by atoms with E-state index in [0.29, 0.717) is 4.88 Å². The summed E-state index contributed by atoms with van der Waals surface area (Å²) in [4.78, 5) is 12.5. The number of nitrogens with one attached hydrogen (secondary N) is 1. The van der Waals surface area contributed by atoms with E-state index in [1.165, 1.54) is 11.3 Å².